The highest BCUT2D eigenvalue weighted by Gasteiger charge is 2.24. The van der Waals surface area contributed by atoms with Crippen molar-refractivity contribution < 1.29 is 4.74 Å². The van der Waals surface area contributed by atoms with Crippen LogP contribution in [0, 0.1) is 0 Å². The van der Waals surface area contributed by atoms with E-state index in [-0.39, 0.29) is 0 Å². The summed E-state index contributed by atoms with van der Waals surface area (Å²) in [4.78, 5) is 7.31. The van der Waals surface area contributed by atoms with E-state index in [9.17, 15) is 0 Å². The Labute approximate surface area is 128 Å². The van der Waals surface area contributed by atoms with Gasteiger partial charge in [0.1, 0.15) is 11.9 Å². The van der Waals surface area contributed by atoms with E-state index in [4.69, 9.17) is 4.74 Å². The fourth-order valence-corrected chi connectivity index (χ4v) is 3.23. The van der Waals surface area contributed by atoms with Crippen LogP contribution in [0.5, 0.6) is 5.75 Å². The molecule has 2 aliphatic heterocycles. The van der Waals surface area contributed by atoms with Crippen molar-refractivity contribution in [2.75, 3.05) is 57.8 Å². The van der Waals surface area contributed by atoms with Crippen LogP contribution < -0.4 is 9.64 Å². The number of benzene rings is 1. The van der Waals surface area contributed by atoms with Gasteiger partial charge in [0.2, 0.25) is 0 Å². The van der Waals surface area contributed by atoms with Gasteiger partial charge in [-0.05, 0) is 32.1 Å². The molecule has 2 heterocycles. The molecule has 0 amide bonds. The molecule has 0 spiro atoms. The molecular formula is C17H27N3O. The first kappa shape index (κ1) is 14.7. The molecule has 1 atom stereocenters. The van der Waals surface area contributed by atoms with Crippen LogP contribution in [0.15, 0.2) is 24.3 Å². The van der Waals surface area contributed by atoms with Crippen LogP contribution in [0.4, 0.5) is 5.69 Å². The lowest BCUT2D eigenvalue weighted by Crippen LogP contribution is -2.44. The molecule has 21 heavy (non-hydrogen) atoms. The number of rotatable bonds is 4. The Balaban J connectivity index is 1.68. The number of hydrogen-bond donors (Lipinski definition) is 0. The average Bonchev–Trinajstić information content (AvgIpc) is 2.96. The highest BCUT2D eigenvalue weighted by molar-refractivity contribution is 5.58. The number of anilines is 1. The summed E-state index contributed by atoms with van der Waals surface area (Å²) in [5, 5.41) is 0. The molecule has 2 fully saturated rings. The molecule has 1 aromatic carbocycles. The van der Waals surface area contributed by atoms with Gasteiger partial charge in [-0.2, -0.15) is 0 Å². The molecule has 2 saturated heterocycles. The number of hydrogen-bond acceptors (Lipinski definition) is 4. The molecule has 4 nitrogen and oxygen atoms in total. The largest absolute Gasteiger partial charge is 0.487 e. The van der Waals surface area contributed by atoms with Gasteiger partial charge in [0.15, 0.2) is 0 Å². The van der Waals surface area contributed by atoms with Gasteiger partial charge in [-0.1, -0.05) is 19.1 Å². The normalized spacial score (nSPS) is 24.5. The second kappa shape index (κ2) is 6.67. The monoisotopic (exact) mass is 289 g/mol. The Kier molecular flexibility index (Phi) is 4.66. The van der Waals surface area contributed by atoms with Gasteiger partial charge in [0.25, 0.3) is 0 Å². The second-order valence-electron chi connectivity index (χ2n) is 6.18. The topological polar surface area (TPSA) is 19.0 Å². The standard InChI is InChI=1S/C17H27N3O/c1-3-19-9-8-15(14-19)21-17-7-5-4-6-16(17)20-12-10-18(2)11-13-20/h4-7,15H,3,8-14H2,1-2H3. The highest BCUT2D eigenvalue weighted by atomic mass is 16.5. The summed E-state index contributed by atoms with van der Waals surface area (Å²) in [7, 11) is 2.19. The summed E-state index contributed by atoms with van der Waals surface area (Å²) in [6.07, 6.45) is 1.49. The molecule has 0 bridgehead atoms. The minimum absolute atomic E-state index is 0.346. The summed E-state index contributed by atoms with van der Waals surface area (Å²) in [6, 6.07) is 8.53. The van der Waals surface area contributed by atoms with E-state index in [1.54, 1.807) is 0 Å². The average molecular weight is 289 g/mol. The summed E-state index contributed by atoms with van der Waals surface area (Å²) >= 11 is 0. The van der Waals surface area contributed by atoms with Crippen LogP contribution in [0.1, 0.15) is 13.3 Å². The lowest BCUT2D eigenvalue weighted by Gasteiger charge is -2.35. The molecule has 0 N–H and O–H groups in total. The maximum atomic E-state index is 6.32. The first-order valence-electron chi connectivity index (χ1n) is 8.18. The van der Waals surface area contributed by atoms with Gasteiger partial charge >= 0.3 is 0 Å². The lowest BCUT2D eigenvalue weighted by atomic mass is 10.2. The van der Waals surface area contributed by atoms with E-state index < -0.39 is 0 Å². The zero-order chi connectivity index (χ0) is 14.7. The predicted octanol–water partition coefficient (Wildman–Crippen LogP) is 1.91. The Morgan fingerprint density at radius 3 is 2.57 bits per heavy atom. The molecule has 2 aliphatic rings. The molecular weight excluding hydrogens is 262 g/mol. The number of likely N-dealkylation sites (tertiary alicyclic amines) is 1. The van der Waals surface area contributed by atoms with Crippen LogP contribution >= 0.6 is 0 Å². The minimum atomic E-state index is 0.346. The summed E-state index contributed by atoms with van der Waals surface area (Å²) in [5.41, 5.74) is 1.26. The van der Waals surface area contributed by atoms with Gasteiger partial charge in [-0.25, -0.2) is 0 Å². The van der Waals surface area contributed by atoms with Crippen LogP contribution in [0.2, 0.25) is 0 Å². The molecule has 4 heteroatoms. The third-order valence-electron chi connectivity index (χ3n) is 4.68. The first-order valence-corrected chi connectivity index (χ1v) is 8.18. The second-order valence-corrected chi connectivity index (χ2v) is 6.18. The number of nitrogens with zero attached hydrogens (tertiary/aromatic N) is 3. The maximum Gasteiger partial charge on any atom is 0.143 e. The zero-order valence-corrected chi connectivity index (χ0v) is 13.3. The number of likely N-dealkylation sites (N-methyl/N-ethyl adjacent to an activating group) is 2. The van der Waals surface area contributed by atoms with E-state index >= 15 is 0 Å². The maximum absolute atomic E-state index is 6.32. The van der Waals surface area contributed by atoms with Crippen LogP contribution in [0.25, 0.3) is 0 Å². The molecule has 1 aromatic rings. The SMILES string of the molecule is CCN1CCC(Oc2ccccc2N2CCN(C)CC2)C1. The van der Waals surface area contributed by atoms with Crippen molar-refractivity contribution in [2.24, 2.45) is 0 Å². The summed E-state index contributed by atoms with van der Waals surface area (Å²) in [5.74, 6) is 1.06. The van der Waals surface area contributed by atoms with Crippen molar-refractivity contribution in [3.63, 3.8) is 0 Å². The Hall–Kier alpha value is -1.26. The van der Waals surface area contributed by atoms with E-state index in [0.717, 1.165) is 58.0 Å². The van der Waals surface area contributed by atoms with Gasteiger partial charge in [-0.3, -0.25) is 4.90 Å². The van der Waals surface area contributed by atoms with Crippen LogP contribution in [-0.2, 0) is 0 Å². The molecule has 0 radical (unpaired) electrons. The number of piperazine rings is 1. The first-order chi connectivity index (χ1) is 10.3. The van der Waals surface area contributed by atoms with Gasteiger partial charge < -0.3 is 14.5 Å². The van der Waals surface area contributed by atoms with E-state index in [1.165, 1.54) is 5.69 Å². The number of para-hydroxylation sites is 2. The Morgan fingerprint density at radius 2 is 1.86 bits per heavy atom. The lowest BCUT2D eigenvalue weighted by molar-refractivity contribution is 0.202. The Morgan fingerprint density at radius 1 is 1.10 bits per heavy atom. The third kappa shape index (κ3) is 3.50. The van der Waals surface area contributed by atoms with E-state index in [2.05, 4.69) is 52.9 Å². The molecule has 116 valence electrons. The molecule has 0 saturated carbocycles. The zero-order valence-electron chi connectivity index (χ0n) is 13.3. The quantitative estimate of drug-likeness (QED) is 0.843. The highest BCUT2D eigenvalue weighted by Crippen LogP contribution is 2.30. The van der Waals surface area contributed by atoms with Crippen molar-refractivity contribution >= 4 is 5.69 Å². The van der Waals surface area contributed by atoms with Crippen molar-refractivity contribution in [1.29, 1.82) is 0 Å². The smallest absolute Gasteiger partial charge is 0.143 e. The van der Waals surface area contributed by atoms with E-state index in [0.29, 0.717) is 6.10 Å². The van der Waals surface area contributed by atoms with Gasteiger partial charge in [0, 0.05) is 39.3 Å². The van der Waals surface area contributed by atoms with Gasteiger partial charge in [-0.15, -0.1) is 0 Å². The fraction of sp³-hybridized carbons (Fsp3) is 0.647. The van der Waals surface area contributed by atoms with Crippen molar-refractivity contribution in [1.82, 2.24) is 9.80 Å². The van der Waals surface area contributed by atoms with Crippen molar-refractivity contribution in [2.45, 2.75) is 19.4 Å². The van der Waals surface area contributed by atoms with Crippen molar-refractivity contribution in [3.05, 3.63) is 24.3 Å². The minimum Gasteiger partial charge on any atom is -0.487 e. The van der Waals surface area contributed by atoms with Crippen molar-refractivity contribution in [3.8, 4) is 5.75 Å². The van der Waals surface area contributed by atoms with Crippen LogP contribution in [0.3, 0.4) is 0 Å². The number of ether oxygens (including phenoxy) is 1. The predicted molar refractivity (Wildman–Crippen MR) is 87.3 cm³/mol. The summed E-state index contributed by atoms with van der Waals surface area (Å²) in [6.45, 7) is 10.00. The molecule has 3 rings (SSSR count). The molecule has 0 aliphatic carbocycles. The fourth-order valence-electron chi connectivity index (χ4n) is 3.23. The van der Waals surface area contributed by atoms with E-state index in [1.807, 2.05) is 0 Å². The molecule has 0 aromatic heterocycles. The third-order valence-corrected chi connectivity index (χ3v) is 4.68. The molecule has 1 unspecified atom stereocenters. The Bertz CT molecular complexity index is 457. The van der Waals surface area contributed by atoms with Gasteiger partial charge in [0.05, 0.1) is 5.69 Å². The summed E-state index contributed by atoms with van der Waals surface area (Å²) < 4.78 is 6.32. The van der Waals surface area contributed by atoms with Crippen LogP contribution in [-0.4, -0.2) is 68.8 Å².